The number of nitrogens with one attached hydrogen (secondary N) is 4. The fourth-order valence-corrected chi connectivity index (χ4v) is 1.56. The van der Waals surface area contributed by atoms with Gasteiger partial charge in [0.15, 0.2) is 0 Å². The molecule has 1 aromatic rings. The first-order valence-corrected chi connectivity index (χ1v) is 7.26. The van der Waals surface area contributed by atoms with Crippen molar-refractivity contribution in [3.8, 4) is 0 Å². The summed E-state index contributed by atoms with van der Waals surface area (Å²) in [7, 11) is 0. The molecular formula is C15H21FN4O3. The van der Waals surface area contributed by atoms with Gasteiger partial charge in [-0.15, -0.1) is 0 Å². The van der Waals surface area contributed by atoms with Crippen LogP contribution >= 0.6 is 0 Å². The number of rotatable bonds is 5. The van der Waals surface area contributed by atoms with Crippen molar-refractivity contribution in [1.82, 2.24) is 21.5 Å². The second kappa shape index (κ2) is 8.72. The molecule has 0 radical (unpaired) electrons. The van der Waals surface area contributed by atoms with E-state index < -0.39 is 23.8 Å². The zero-order valence-corrected chi connectivity index (χ0v) is 13.3. The van der Waals surface area contributed by atoms with Crippen LogP contribution in [0.15, 0.2) is 24.3 Å². The lowest BCUT2D eigenvalue weighted by Crippen LogP contribution is -2.53. The molecule has 0 aromatic heterocycles. The lowest BCUT2D eigenvalue weighted by Gasteiger charge is -2.17. The van der Waals surface area contributed by atoms with Crippen LogP contribution in [0.1, 0.15) is 37.6 Å². The molecule has 0 spiro atoms. The van der Waals surface area contributed by atoms with Gasteiger partial charge in [-0.05, 0) is 44.5 Å². The molecule has 0 aliphatic heterocycles. The van der Waals surface area contributed by atoms with Crippen molar-refractivity contribution in [2.75, 3.05) is 0 Å². The third-order valence-corrected chi connectivity index (χ3v) is 3.14. The molecule has 0 saturated carbocycles. The maximum absolute atomic E-state index is 12.7. The Morgan fingerprint density at radius 1 is 1.04 bits per heavy atom. The van der Waals surface area contributed by atoms with E-state index in [1.807, 2.05) is 13.8 Å². The third-order valence-electron chi connectivity index (χ3n) is 3.14. The van der Waals surface area contributed by atoms with E-state index in [9.17, 15) is 18.8 Å². The monoisotopic (exact) mass is 324 g/mol. The van der Waals surface area contributed by atoms with Gasteiger partial charge < -0.3 is 10.6 Å². The third kappa shape index (κ3) is 6.33. The number of benzene rings is 1. The molecule has 7 nitrogen and oxygen atoms in total. The summed E-state index contributed by atoms with van der Waals surface area (Å²) in [5, 5.41) is 5.11. The Balaban J connectivity index is 2.40. The Morgan fingerprint density at radius 2 is 1.65 bits per heavy atom. The van der Waals surface area contributed by atoms with Gasteiger partial charge in [-0.2, -0.15) is 0 Å². The number of carbonyl (C=O) groups excluding carboxylic acids is 3. The van der Waals surface area contributed by atoms with Crippen molar-refractivity contribution in [2.24, 2.45) is 0 Å². The first kappa shape index (κ1) is 18.4. The molecule has 4 amide bonds. The maximum atomic E-state index is 12.7. The predicted molar refractivity (Wildman–Crippen MR) is 82.9 cm³/mol. The minimum Gasteiger partial charge on any atom is -0.352 e. The van der Waals surface area contributed by atoms with E-state index in [2.05, 4.69) is 21.5 Å². The van der Waals surface area contributed by atoms with E-state index in [0.717, 1.165) is 18.6 Å². The van der Waals surface area contributed by atoms with Gasteiger partial charge in [0, 0.05) is 11.6 Å². The highest BCUT2D eigenvalue weighted by atomic mass is 19.1. The summed E-state index contributed by atoms with van der Waals surface area (Å²) in [6, 6.07) is 3.36. The number of hydrogen-bond donors (Lipinski definition) is 4. The fraction of sp³-hybridized carbons (Fsp3) is 0.400. The molecule has 1 aromatic carbocycles. The van der Waals surface area contributed by atoms with Crippen LogP contribution in [0.25, 0.3) is 0 Å². The predicted octanol–water partition coefficient (Wildman–Crippen LogP) is 1.07. The van der Waals surface area contributed by atoms with Crippen LogP contribution in [0.5, 0.6) is 0 Å². The van der Waals surface area contributed by atoms with Crippen molar-refractivity contribution >= 4 is 17.8 Å². The highest BCUT2D eigenvalue weighted by Crippen LogP contribution is 2.01. The maximum Gasteiger partial charge on any atom is 0.334 e. The minimum absolute atomic E-state index is 0.00740. The smallest absolute Gasteiger partial charge is 0.334 e. The van der Waals surface area contributed by atoms with E-state index in [4.69, 9.17) is 0 Å². The Kier molecular flexibility index (Phi) is 6.98. The van der Waals surface area contributed by atoms with Gasteiger partial charge in [0.2, 0.25) is 5.91 Å². The van der Waals surface area contributed by atoms with Gasteiger partial charge in [-0.3, -0.25) is 15.0 Å². The summed E-state index contributed by atoms with van der Waals surface area (Å²) in [5.74, 6) is -1.38. The lowest BCUT2D eigenvalue weighted by molar-refractivity contribution is -0.123. The number of amides is 4. The second-order valence-electron chi connectivity index (χ2n) is 5.10. The fourth-order valence-electron chi connectivity index (χ4n) is 1.56. The van der Waals surface area contributed by atoms with E-state index in [0.29, 0.717) is 0 Å². The molecule has 0 bridgehead atoms. The van der Waals surface area contributed by atoms with Crippen molar-refractivity contribution < 1.29 is 18.8 Å². The number of hydrogen-bond acceptors (Lipinski definition) is 3. The highest BCUT2D eigenvalue weighted by molar-refractivity contribution is 5.95. The van der Waals surface area contributed by atoms with Crippen LogP contribution in [0.4, 0.5) is 9.18 Å². The van der Waals surface area contributed by atoms with E-state index in [1.54, 1.807) is 0 Å². The average Bonchev–Trinajstić information content (AvgIpc) is 2.52. The molecule has 2 atom stereocenters. The molecule has 0 heterocycles. The Bertz CT molecular complexity index is 562. The summed E-state index contributed by atoms with van der Waals surface area (Å²) >= 11 is 0. The average molecular weight is 324 g/mol. The molecule has 23 heavy (non-hydrogen) atoms. The molecule has 0 saturated heterocycles. The van der Waals surface area contributed by atoms with Crippen molar-refractivity contribution in [3.05, 3.63) is 35.6 Å². The standard InChI is InChI=1S/C15H21FN4O3/c1-4-9(2)17-13(21)10(3)18-15(23)20-19-14(22)11-5-7-12(16)8-6-11/h5-10H,4H2,1-3H3,(H,17,21)(H,19,22)(H2,18,20,23). The van der Waals surface area contributed by atoms with Gasteiger partial charge in [-0.25, -0.2) is 14.6 Å². The number of halogens is 1. The van der Waals surface area contributed by atoms with Crippen LogP contribution in [0.2, 0.25) is 0 Å². The van der Waals surface area contributed by atoms with Crippen LogP contribution in [0, 0.1) is 5.82 Å². The highest BCUT2D eigenvalue weighted by Gasteiger charge is 2.17. The normalized spacial score (nSPS) is 12.7. The second-order valence-corrected chi connectivity index (χ2v) is 5.10. The summed E-state index contributed by atoms with van der Waals surface area (Å²) < 4.78 is 12.7. The van der Waals surface area contributed by atoms with Gasteiger partial charge in [0.1, 0.15) is 11.9 Å². The van der Waals surface area contributed by atoms with Gasteiger partial charge >= 0.3 is 6.03 Å². The van der Waals surface area contributed by atoms with Gasteiger partial charge in [0.05, 0.1) is 0 Å². The van der Waals surface area contributed by atoms with E-state index in [1.165, 1.54) is 19.1 Å². The molecule has 1 rings (SSSR count). The lowest BCUT2D eigenvalue weighted by atomic mass is 10.2. The molecule has 0 aliphatic carbocycles. The summed E-state index contributed by atoms with van der Waals surface area (Å²) in [5.41, 5.74) is 4.47. The molecule has 2 unspecified atom stereocenters. The van der Waals surface area contributed by atoms with Crippen LogP contribution in [-0.2, 0) is 4.79 Å². The van der Waals surface area contributed by atoms with Gasteiger partial charge in [-0.1, -0.05) is 6.92 Å². The first-order chi connectivity index (χ1) is 10.8. The molecule has 4 N–H and O–H groups in total. The van der Waals surface area contributed by atoms with Crippen molar-refractivity contribution in [2.45, 2.75) is 39.3 Å². The Labute approximate surface area is 134 Å². The number of urea groups is 1. The number of carbonyl (C=O) groups is 3. The van der Waals surface area contributed by atoms with Gasteiger partial charge in [0.25, 0.3) is 5.91 Å². The topological polar surface area (TPSA) is 99.3 Å². The quantitative estimate of drug-likeness (QED) is 0.610. The summed E-state index contributed by atoms with van der Waals surface area (Å²) in [6.45, 7) is 5.31. The Morgan fingerprint density at radius 3 is 2.22 bits per heavy atom. The molecule has 0 fully saturated rings. The number of hydrazine groups is 1. The zero-order valence-electron chi connectivity index (χ0n) is 13.3. The van der Waals surface area contributed by atoms with Crippen molar-refractivity contribution in [1.29, 1.82) is 0 Å². The van der Waals surface area contributed by atoms with Crippen LogP contribution < -0.4 is 21.5 Å². The van der Waals surface area contributed by atoms with E-state index >= 15 is 0 Å². The summed E-state index contributed by atoms with van der Waals surface area (Å²) in [6.07, 6.45) is 0.776. The molecule has 0 aliphatic rings. The molecular weight excluding hydrogens is 303 g/mol. The first-order valence-electron chi connectivity index (χ1n) is 7.26. The zero-order chi connectivity index (χ0) is 17.4. The van der Waals surface area contributed by atoms with Crippen molar-refractivity contribution in [3.63, 3.8) is 0 Å². The molecule has 8 heteroatoms. The molecule has 126 valence electrons. The summed E-state index contributed by atoms with van der Waals surface area (Å²) in [4.78, 5) is 35.1. The Hall–Kier alpha value is -2.64. The SMILES string of the molecule is CCC(C)NC(=O)C(C)NC(=O)NNC(=O)c1ccc(F)cc1. The van der Waals surface area contributed by atoms with Crippen LogP contribution in [0.3, 0.4) is 0 Å². The van der Waals surface area contributed by atoms with E-state index in [-0.39, 0.29) is 17.5 Å². The minimum atomic E-state index is -0.758. The van der Waals surface area contributed by atoms with Crippen LogP contribution in [-0.4, -0.2) is 29.9 Å². The largest absolute Gasteiger partial charge is 0.352 e.